The highest BCUT2D eigenvalue weighted by Crippen LogP contribution is 2.31. The van der Waals surface area contributed by atoms with Crippen molar-refractivity contribution in [3.63, 3.8) is 0 Å². The second kappa shape index (κ2) is 7.87. The van der Waals surface area contributed by atoms with Gasteiger partial charge in [0.25, 0.3) is 0 Å². The van der Waals surface area contributed by atoms with E-state index in [-0.39, 0.29) is 27.6 Å². The smallest absolute Gasteiger partial charge is 0.244 e. The number of nitrogens with one attached hydrogen (secondary N) is 1. The average molecular weight is 421 g/mol. The molecule has 2 unspecified atom stereocenters. The van der Waals surface area contributed by atoms with Crippen LogP contribution < -0.4 is 5.32 Å². The van der Waals surface area contributed by atoms with Crippen LogP contribution in [0.25, 0.3) is 0 Å². The van der Waals surface area contributed by atoms with Crippen LogP contribution in [0.5, 0.6) is 0 Å². The normalized spacial score (nSPS) is 20.1. The first-order valence-corrected chi connectivity index (χ1v) is 12.7. The summed E-state index contributed by atoms with van der Waals surface area (Å²) in [6, 6.07) is 3.18. The van der Waals surface area contributed by atoms with E-state index in [1.807, 2.05) is 13.8 Å². The molecular formula is C16H24N2O5S3. The van der Waals surface area contributed by atoms with E-state index in [1.165, 1.54) is 30.0 Å². The van der Waals surface area contributed by atoms with Crippen molar-refractivity contribution in [2.45, 2.75) is 49.1 Å². The number of carbonyl (C=O) groups excluding carboxylic acids is 1. The Labute approximate surface area is 159 Å². The van der Waals surface area contributed by atoms with Crippen molar-refractivity contribution < 1.29 is 21.6 Å². The van der Waals surface area contributed by atoms with E-state index in [0.29, 0.717) is 11.3 Å². The Morgan fingerprint density at radius 2 is 2.00 bits per heavy atom. The molecule has 1 saturated heterocycles. The van der Waals surface area contributed by atoms with E-state index >= 15 is 0 Å². The maximum atomic E-state index is 13.1. The lowest BCUT2D eigenvalue weighted by Crippen LogP contribution is -2.49. The molecule has 1 aromatic rings. The quantitative estimate of drug-likeness (QED) is 0.746. The minimum absolute atomic E-state index is 0.0482. The molecule has 2 atom stereocenters. The van der Waals surface area contributed by atoms with Gasteiger partial charge in [0.2, 0.25) is 15.9 Å². The van der Waals surface area contributed by atoms with Gasteiger partial charge in [-0.3, -0.25) is 4.79 Å². The van der Waals surface area contributed by atoms with Crippen molar-refractivity contribution in [1.82, 2.24) is 9.62 Å². The van der Waals surface area contributed by atoms with Crippen LogP contribution in [0, 0.1) is 6.92 Å². The first-order valence-electron chi connectivity index (χ1n) is 8.19. The number of nitrogens with zero attached hydrogens (tertiary/aromatic N) is 1. The fourth-order valence-electron chi connectivity index (χ4n) is 2.53. The van der Waals surface area contributed by atoms with Gasteiger partial charge >= 0.3 is 0 Å². The number of amides is 1. The fourth-order valence-corrected chi connectivity index (χ4v) is 6.65. The van der Waals surface area contributed by atoms with Crippen LogP contribution in [0.1, 0.15) is 25.8 Å². The number of hydrogen-bond donors (Lipinski definition) is 1. The molecule has 0 aromatic heterocycles. The molecule has 10 heteroatoms. The molecule has 0 radical (unpaired) electrons. The van der Waals surface area contributed by atoms with Crippen molar-refractivity contribution in [3.8, 4) is 0 Å². The maximum absolute atomic E-state index is 13.1. The summed E-state index contributed by atoms with van der Waals surface area (Å²) in [5.74, 6) is 0.195. The van der Waals surface area contributed by atoms with Gasteiger partial charge in [0.1, 0.15) is 6.04 Å². The van der Waals surface area contributed by atoms with E-state index in [9.17, 15) is 21.6 Å². The van der Waals surface area contributed by atoms with E-state index in [2.05, 4.69) is 5.32 Å². The minimum Gasteiger partial charge on any atom is -0.352 e. The van der Waals surface area contributed by atoms with Crippen molar-refractivity contribution in [2.75, 3.05) is 17.9 Å². The van der Waals surface area contributed by atoms with Gasteiger partial charge in [-0.15, -0.1) is 11.8 Å². The average Bonchev–Trinajstić information content (AvgIpc) is 3.04. The van der Waals surface area contributed by atoms with Gasteiger partial charge in [0.15, 0.2) is 9.84 Å². The summed E-state index contributed by atoms with van der Waals surface area (Å²) in [4.78, 5) is 12.3. The van der Waals surface area contributed by atoms with E-state index in [0.717, 1.165) is 17.0 Å². The Kier molecular flexibility index (Phi) is 6.42. The van der Waals surface area contributed by atoms with Gasteiger partial charge in [0, 0.05) is 18.1 Å². The molecule has 0 spiro atoms. The number of sulfonamides is 1. The molecule has 0 saturated carbocycles. The van der Waals surface area contributed by atoms with Gasteiger partial charge in [-0.25, -0.2) is 16.8 Å². The number of benzene rings is 1. The lowest BCUT2D eigenvalue weighted by Gasteiger charge is -2.24. The molecule has 146 valence electrons. The van der Waals surface area contributed by atoms with E-state index in [1.54, 1.807) is 6.92 Å². The lowest BCUT2D eigenvalue weighted by atomic mass is 10.2. The summed E-state index contributed by atoms with van der Waals surface area (Å²) in [6.45, 7) is 5.40. The van der Waals surface area contributed by atoms with Gasteiger partial charge in [-0.05, 0) is 38.0 Å². The third-order valence-corrected chi connectivity index (χ3v) is 8.60. The van der Waals surface area contributed by atoms with Crippen molar-refractivity contribution in [1.29, 1.82) is 0 Å². The minimum atomic E-state index is -4.00. The number of sulfone groups is 1. The van der Waals surface area contributed by atoms with Crippen LogP contribution in [0.4, 0.5) is 0 Å². The van der Waals surface area contributed by atoms with Crippen LogP contribution in [0.15, 0.2) is 28.0 Å². The molecular weight excluding hydrogens is 396 g/mol. The zero-order chi connectivity index (χ0) is 19.7. The third kappa shape index (κ3) is 4.41. The SMILES string of the molecule is CCC(C)NC(=O)C1CSCN1S(=O)(=O)c1cc(S(C)(=O)=O)ccc1C. The summed E-state index contributed by atoms with van der Waals surface area (Å²) >= 11 is 1.36. The van der Waals surface area contributed by atoms with Crippen molar-refractivity contribution in [3.05, 3.63) is 23.8 Å². The Morgan fingerprint density at radius 1 is 1.35 bits per heavy atom. The van der Waals surface area contributed by atoms with Crippen molar-refractivity contribution in [2.24, 2.45) is 0 Å². The molecule has 1 aliphatic rings. The van der Waals surface area contributed by atoms with E-state index < -0.39 is 25.9 Å². The molecule has 1 fully saturated rings. The van der Waals surface area contributed by atoms with Gasteiger partial charge in [-0.1, -0.05) is 13.0 Å². The summed E-state index contributed by atoms with van der Waals surface area (Å²) < 4.78 is 51.0. The fraction of sp³-hybridized carbons (Fsp3) is 0.562. The highest BCUT2D eigenvalue weighted by Gasteiger charge is 2.41. The Balaban J connectivity index is 2.42. The maximum Gasteiger partial charge on any atom is 0.244 e. The monoisotopic (exact) mass is 420 g/mol. The molecule has 2 rings (SSSR count). The Hall–Kier alpha value is -1.10. The third-order valence-electron chi connectivity index (χ3n) is 4.32. The highest BCUT2D eigenvalue weighted by molar-refractivity contribution is 8.00. The second-order valence-corrected chi connectivity index (χ2v) is 11.3. The first kappa shape index (κ1) is 21.2. The van der Waals surface area contributed by atoms with Crippen LogP contribution in [-0.4, -0.2) is 57.0 Å². The Morgan fingerprint density at radius 3 is 2.58 bits per heavy atom. The van der Waals surface area contributed by atoms with Crippen LogP contribution >= 0.6 is 11.8 Å². The molecule has 1 amide bonds. The summed E-state index contributed by atoms with van der Waals surface area (Å²) in [5, 5.41) is 2.82. The summed E-state index contributed by atoms with van der Waals surface area (Å²) in [5.41, 5.74) is 0.440. The van der Waals surface area contributed by atoms with Crippen LogP contribution in [0.3, 0.4) is 0 Å². The lowest BCUT2D eigenvalue weighted by molar-refractivity contribution is -0.124. The number of rotatable bonds is 6. The molecule has 1 aromatic carbocycles. The zero-order valence-electron chi connectivity index (χ0n) is 15.2. The van der Waals surface area contributed by atoms with E-state index in [4.69, 9.17) is 0 Å². The second-order valence-electron chi connectivity index (χ2n) is 6.43. The van der Waals surface area contributed by atoms with Crippen LogP contribution in [-0.2, 0) is 24.7 Å². The molecule has 1 aliphatic heterocycles. The number of carbonyl (C=O) groups is 1. The molecule has 26 heavy (non-hydrogen) atoms. The van der Waals surface area contributed by atoms with Crippen LogP contribution in [0.2, 0.25) is 0 Å². The van der Waals surface area contributed by atoms with Gasteiger partial charge in [-0.2, -0.15) is 4.31 Å². The predicted octanol–water partition coefficient (Wildman–Crippen LogP) is 1.38. The molecule has 0 bridgehead atoms. The number of aryl methyl sites for hydroxylation is 1. The summed E-state index contributed by atoms with van der Waals surface area (Å²) in [7, 11) is -7.54. The topological polar surface area (TPSA) is 101 Å². The van der Waals surface area contributed by atoms with Gasteiger partial charge in [0.05, 0.1) is 15.7 Å². The number of thioether (sulfide) groups is 1. The molecule has 1 N–H and O–H groups in total. The standard InChI is InChI=1S/C16H24N2O5S3/c1-5-12(3)17-16(19)14-9-24-10-18(14)26(22,23)15-8-13(25(4,20)21)7-6-11(15)2/h6-8,12,14H,5,9-10H2,1-4H3,(H,17,19). The summed E-state index contributed by atoms with van der Waals surface area (Å²) in [6.07, 6.45) is 1.77. The Bertz CT molecular complexity index is 896. The highest BCUT2D eigenvalue weighted by atomic mass is 32.2. The first-order chi connectivity index (χ1) is 12.0. The molecule has 0 aliphatic carbocycles. The zero-order valence-corrected chi connectivity index (χ0v) is 17.7. The molecule has 1 heterocycles. The van der Waals surface area contributed by atoms with Gasteiger partial charge < -0.3 is 5.32 Å². The molecule has 7 nitrogen and oxygen atoms in total. The van der Waals surface area contributed by atoms with Crippen molar-refractivity contribution >= 4 is 37.5 Å². The predicted molar refractivity (Wildman–Crippen MR) is 102 cm³/mol. The number of hydrogen-bond acceptors (Lipinski definition) is 6. The largest absolute Gasteiger partial charge is 0.352 e.